The van der Waals surface area contributed by atoms with Crippen LogP contribution in [0.4, 0.5) is 0 Å². The second kappa shape index (κ2) is 9.33. The number of fused-ring (bicyclic) bond motifs is 1. The molecule has 2 aromatic carbocycles. The van der Waals surface area contributed by atoms with Gasteiger partial charge in [0, 0.05) is 24.0 Å². The van der Waals surface area contributed by atoms with Gasteiger partial charge in [-0.15, -0.1) is 12.4 Å². The Morgan fingerprint density at radius 1 is 1.24 bits per heavy atom. The first kappa shape index (κ1) is 19.9. The van der Waals surface area contributed by atoms with Gasteiger partial charge in [0.1, 0.15) is 11.5 Å². The van der Waals surface area contributed by atoms with Crippen molar-refractivity contribution in [2.75, 3.05) is 33.9 Å². The van der Waals surface area contributed by atoms with Crippen LogP contribution in [0.2, 0.25) is 5.02 Å². The van der Waals surface area contributed by atoms with Crippen LogP contribution in [0, 0.1) is 0 Å². The molecule has 1 aliphatic heterocycles. The van der Waals surface area contributed by atoms with Gasteiger partial charge in [-0.1, -0.05) is 29.8 Å². The van der Waals surface area contributed by atoms with Crippen LogP contribution in [0.1, 0.15) is 23.5 Å². The Morgan fingerprint density at radius 3 is 2.88 bits per heavy atom. The van der Waals surface area contributed by atoms with Crippen molar-refractivity contribution in [3.05, 3.63) is 58.6 Å². The average Bonchev–Trinajstić information content (AvgIpc) is 2.60. The molecule has 0 fully saturated rings. The summed E-state index contributed by atoms with van der Waals surface area (Å²) in [7, 11) is 3.89. The molecule has 0 bridgehead atoms. The van der Waals surface area contributed by atoms with E-state index in [1.807, 2.05) is 24.3 Å². The molecule has 0 amide bonds. The zero-order chi connectivity index (χ0) is 16.9. The normalized spacial score (nSPS) is 15.9. The highest BCUT2D eigenvalue weighted by Gasteiger charge is 2.22. The van der Waals surface area contributed by atoms with Crippen molar-refractivity contribution >= 4 is 24.0 Å². The summed E-state index contributed by atoms with van der Waals surface area (Å²) in [5, 5.41) is 0.737. The van der Waals surface area contributed by atoms with E-state index in [2.05, 4.69) is 30.1 Å². The maximum atomic E-state index is 6.07. The summed E-state index contributed by atoms with van der Waals surface area (Å²) in [6.45, 7) is 2.82. The quantitative estimate of drug-likeness (QED) is 0.716. The maximum Gasteiger partial charge on any atom is 0.124 e. The molecule has 0 spiro atoms. The highest BCUT2D eigenvalue weighted by Crippen LogP contribution is 2.35. The third-order valence-corrected chi connectivity index (χ3v) is 4.82. The minimum absolute atomic E-state index is 0. The number of ether oxygens (including phenoxy) is 2. The predicted octanol–water partition coefficient (Wildman–Crippen LogP) is 4.81. The first-order valence-corrected chi connectivity index (χ1v) is 8.77. The zero-order valence-corrected chi connectivity index (χ0v) is 16.3. The molecule has 3 nitrogen and oxygen atoms in total. The third kappa shape index (κ3) is 5.27. The number of nitrogens with zero attached hydrogens (tertiary/aromatic N) is 1. The molecule has 1 heterocycles. The van der Waals surface area contributed by atoms with Crippen LogP contribution in [0.25, 0.3) is 0 Å². The zero-order valence-electron chi connectivity index (χ0n) is 14.7. The molecule has 5 heteroatoms. The molecule has 0 saturated carbocycles. The minimum Gasteiger partial charge on any atom is -0.497 e. The van der Waals surface area contributed by atoms with Crippen molar-refractivity contribution < 1.29 is 9.47 Å². The van der Waals surface area contributed by atoms with Crippen LogP contribution in [0.3, 0.4) is 0 Å². The molecule has 0 aliphatic carbocycles. The molecule has 2 aromatic rings. The van der Waals surface area contributed by atoms with Crippen molar-refractivity contribution in [3.63, 3.8) is 0 Å². The number of halogens is 2. The first-order chi connectivity index (χ1) is 11.7. The number of benzene rings is 2. The van der Waals surface area contributed by atoms with E-state index in [4.69, 9.17) is 21.1 Å². The van der Waals surface area contributed by atoms with Gasteiger partial charge in [0.25, 0.3) is 0 Å². The van der Waals surface area contributed by atoms with Gasteiger partial charge in [-0.25, -0.2) is 0 Å². The Labute approximate surface area is 161 Å². The van der Waals surface area contributed by atoms with E-state index in [9.17, 15) is 0 Å². The van der Waals surface area contributed by atoms with Gasteiger partial charge in [-0.05, 0) is 55.3 Å². The van der Waals surface area contributed by atoms with Crippen LogP contribution in [0.15, 0.2) is 42.5 Å². The lowest BCUT2D eigenvalue weighted by atomic mass is 9.92. The van der Waals surface area contributed by atoms with Crippen LogP contribution in [-0.2, 0) is 6.42 Å². The lowest BCUT2D eigenvalue weighted by Gasteiger charge is -2.29. The summed E-state index contributed by atoms with van der Waals surface area (Å²) in [4.78, 5) is 2.40. The highest BCUT2D eigenvalue weighted by molar-refractivity contribution is 6.30. The van der Waals surface area contributed by atoms with Gasteiger partial charge < -0.3 is 14.4 Å². The van der Waals surface area contributed by atoms with E-state index < -0.39 is 0 Å². The lowest BCUT2D eigenvalue weighted by molar-refractivity contribution is 0.232. The predicted molar refractivity (Wildman–Crippen MR) is 106 cm³/mol. The van der Waals surface area contributed by atoms with Crippen LogP contribution in [-0.4, -0.2) is 38.8 Å². The summed E-state index contributed by atoms with van der Waals surface area (Å²) in [5.41, 5.74) is 2.58. The second-order valence-corrected chi connectivity index (χ2v) is 6.82. The monoisotopic (exact) mass is 381 g/mol. The molecular weight excluding hydrogens is 357 g/mol. The Kier molecular flexibility index (Phi) is 7.42. The number of rotatable bonds is 6. The standard InChI is InChI=1S/C20H24ClNO2.ClH/c1-22(10-8-15-4-3-5-18(12-15)23-2)14-16-9-11-24-20-13-17(21)6-7-19(16)20;/h3-7,12-13,16H,8-11,14H2,1-2H3;1H. The molecule has 1 atom stereocenters. The molecular formula is C20H25Cl2NO2. The van der Waals surface area contributed by atoms with Gasteiger partial charge in [0.2, 0.25) is 0 Å². The average molecular weight is 382 g/mol. The van der Waals surface area contributed by atoms with E-state index >= 15 is 0 Å². The van der Waals surface area contributed by atoms with Crippen molar-refractivity contribution in [2.24, 2.45) is 0 Å². The van der Waals surface area contributed by atoms with Crippen LogP contribution in [0.5, 0.6) is 11.5 Å². The molecule has 3 rings (SSSR count). The third-order valence-electron chi connectivity index (χ3n) is 4.59. The Morgan fingerprint density at radius 2 is 2.08 bits per heavy atom. The van der Waals surface area contributed by atoms with Gasteiger partial charge >= 0.3 is 0 Å². The van der Waals surface area contributed by atoms with Crippen molar-refractivity contribution in [3.8, 4) is 11.5 Å². The van der Waals surface area contributed by atoms with E-state index in [0.29, 0.717) is 5.92 Å². The van der Waals surface area contributed by atoms with E-state index in [0.717, 1.165) is 49.1 Å². The molecule has 0 aromatic heterocycles. The molecule has 1 aliphatic rings. The molecule has 1 unspecified atom stereocenters. The smallest absolute Gasteiger partial charge is 0.124 e. The Bertz CT molecular complexity index is 693. The van der Waals surface area contributed by atoms with Gasteiger partial charge in [0.15, 0.2) is 0 Å². The number of likely N-dealkylation sites (N-methyl/N-ethyl adjacent to an activating group) is 1. The lowest BCUT2D eigenvalue weighted by Crippen LogP contribution is -2.29. The Hall–Kier alpha value is -1.42. The molecule has 0 N–H and O–H groups in total. The van der Waals surface area contributed by atoms with Gasteiger partial charge in [0.05, 0.1) is 13.7 Å². The van der Waals surface area contributed by atoms with Gasteiger partial charge in [-0.3, -0.25) is 0 Å². The topological polar surface area (TPSA) is 21.7 Å². The molecule has 25 heavy (non-hydrogen) atoms. The second-order valence-electron chi connectivity index (χ2n) is 6.38. The molecule has 136 valence electrons. The number of hydrogen-bond donors (Lipinski definition) is 0. The summed E-state index contributed by atoms with van der Waals surface area (Å²) in [6.07, 6.45) is 2.07. The van der Waals surface area contributed by atoms with Crippen LogP contribution < -0.4 is 9.47 Å². The fourth-order valence-electron chi connectivity index (χ4n) is 3.24. The Balaban J connectivity index is 0.00000225. The summed E-state index contributed by atoms with van der Waals surface area (Å²) < 4.78 is 11.0. The van der Waals surface area contributed by atoms with Crippen molar-refractivity contribution in [1.29, 1.82) is 0 Å². The summed E-state index contributed by atoms with van der Waals surface area (Å²) in [6, 6.07) is 14.3. The first-order valence-electron chi connectivity index (χ1n) is 8.39. The summed E-state index contributed by atoms with van der Waals surface area (Å²) in [5.74, 6) is 2.37. The SMILES string of the molecule is COc1cccc(CCN(C)CC2CCOc3cc(Cl)ccc32)c1.Cl. The van der Waals surface area contributed by atoms with Crippen LogP contribution >= 0.6 is 24.0 Å². The highest BCUT2D eigenvalue weighted by atomic mass is 35.5. The fraction of sp³-hybridized carbons (Fsp3) is 0.400. The van der Waals surface area contributed by atoms with Gasteiger partial charge in [-0.2, -0.15) is 0 Å². The number of methoxy groups -OCH3 is 1. The van der Waals surface area contributed by atoms with Crippen molar-refractivity contribution in [2.45, 2.75) is 18.8 Å². The van der Waals surface area contributed by atoms with E-state index in [1.165, 1.54) is 11.1 Å². The van der Waals surface area contributed by atoms with Crippen molar-refractivity contribution in [1.82, 2.24) is 4.90 Å². The van der Waals surface area contributed by atoms with E-state index in [1.54, 1.807) is 7.11 Å². The fourth-order valence-corrected chi connectivity index (χ4v) is 3.40. The number of hydrogen-bond acceptors (Lipinski definition) is 3. The largest absolute Gasteiger partial charge is 0.497 e. The molecule has 0 radical (unpaired) electrons. The summed E-state index contributed by atoms with van der Waals surface area (Å²) >= 11 is 6.07. The molecule has 0 saturated heterocycles. The minimum atomic E-state index is 0. The maximum absolute atomic E-state index is 6.07. The van der Waals surface area contributed by atoms with E-state index in [-0.39, 0.29) is 12.4 Å².